The molecule has 0 spiro atoms. The van der Waals surface area contributed by atoms with E-state index >= 15 is 0 Å². The minimum Gasteiger partial charge on any atom is -0.381 e. The number of amides is 1. The second kappa shape index (κ2) is 8.53. The zero-order valence-corrected chi connectivity index (χ0v) is 10.0. The predicted molar refractivity (Wildman–Crippen MR) is 64.1 cm³/mol. The Morgan fingerprint density at radius 2 is 2.00 bits per heavy atom. The Labute approximate surface area is 97.9 Å². The fraction of sp³-hybridized carbons (Fsp3) is 0.917. The number of nitrogens with two attached hydrogens (primary N) is 1. The van der Waals surface area contributed by atoms with Gasteiger partial charge in [0.15, 0.2) is 0 Å². The van der Waals surface area contributed by atoms with Gasteiger partial charge in [-0.2, -0.15) is 0 Å². The van der Waals surface area contributed by atoms with E-state index in [1.54, 1.807) is 0 Å². The molecule has 0 bridgehead atoms. The first-order chi connectivity index (χ1) is 7.83. The fourth-order valence-electron chi connectivity index (χ4n) is 1.90. The van der Waals surface area contributed by atoms with Crippen LogP contribution in [0.4, 0.5) is 0 Å². The van der Waals surface area contributed by atoms with Crippen LogP contribution in [0.5, 0.6) is 0 Å². The standard InChI is InChI=1S/C12H24N2O2/c13-7-3-1-2-4-12(15)14-10-11-5-8-16-9-6-11/h11H,1-10,13H2,(H,14,15). The normalized spacial score (nSPS) is 17.3. The molecule has 1 rings (SSSR count). The third-order valence-corrected chi connectivity index (χ3v) is 3.04. The molecule has 3 N–H and O–H groups in total. The maximum Gasteiger partial charge on any atom is 0.220 e. The molecule has 0 aromatic carbocycles. The summed E-state index contributed by atoms with van der Waals surface area (Å²) in [5.74, 6) is 0.797. The molecule has 1 amide bonds. The van der Waals surface area contributed by atoms with Gasteiger partial charge in [0, 0.05) is 26.2 Å². The molecule has 16 heavy (non-hydrogen) atoms. The molecular weight excluding hydrogens is 204 g/mol. The molecule has 1 aliphatic heterocycles. The van der Waals surface area contributed by atoms with Crippen LogP contribution in [0.3, 0.4) is 0 Å². The maximum atomic E-state index is 11.5. The minimum atomic E-state index is 0.184. The first-order valence-corrected chi connectivity index (χ1v) is 6.37. The molecule has 1 aliphatic rings. The third kappa shape index (κ3) is 6.08. The highest BCUT2D eigenvalue weighted by Crippen LogP contribution is 2.13. The van der Waals surface area contributed by atoms with E-state index < -0.39 is 0 Å². The van der Waals surface area contributed by atoms with E-state index in [1.165, 1.54) is 0 Å². The van der Waals surface area contributed by atoms with E-state index in [0.717, 1.165) is 58.4 Å². The van der Waals surface area contributed by atoms with Gasteiger partial charge >= 0.3 is 0 Å². The molecule has 0 unspecified atom stereocenters. The molecular formula is C12H24N2O2. The van der Waals surface area contributed by atoms with Crippen molar-refractivity contribution in [2.75, 3.05) is 26.3 Å². The smallest absolute Gasteiger partial charge is 0.220 e. The zero-order valence-electron chi connectivity index (χ0n) is 10.0. The lowest BCUT2D eigenvalue weighted by Crippen LogP contribution is -2.31. The summed E-state index contributed by atoms with van der Waals surface area (Å²) in [7, 11) is 0. The topological polar surface area (TPSA) is 64.4 Å². The number of carbonyl (C=O) groups is 1. The Morgan fingerprint density at radius 1 is 1.25 bits per heavy atom. The third-order valence-electron chi connectivity index (χ3n) is 3.04. The van der Waals surface area contributed by atoms with E-state index in [2.05, 4.69) is 5.32 Å². The molecule has 4 heteroatoms. The molecule has 94 valence electrons. The number of hydrogen-bond donors (Lipinski definition) is 2. The molecule has 4 nitrogen and oxygen atoms in total. The van der Waals surface area contributed by atoms with Gasteiger partial charge in [-0.05, 0) is 38.1 Å². The summed E-state index contributed by atoms with van der Waals surface area (Å²) in [6, 6.07) is 0. The van der Waals surface area contributed by atoms with Gasteiger partial charge in [0.05, 0.1) is 0 Å². The van der Waals surface area contributed by atoms with Crippen LogP contribution in [0.1, 0.15) is 38.5 Å². The number of nitrogens with one attached hydrogen (secondary N) is 1. The van der Waals surface area contributed by atoms with Crippen LogP contribution in [-0.2, 0) is 9.53 Å². The zero-order chi connectivity index (χ0) is 11.6. The fourth-order valence-corrected chi connectivity index (χ4v) is 1.90. The summed E-state index contributed by atoms with van der Waals surface area (Å²) >= 11 is 0. The van der Waals surface area contributed by atoms with Crippen LogP contribution in [0.15, 0.2) is 0 Å². The van der Waals surface area contributed by atoms with Crippen LogP contribution in [0.25, 0.3) is 0 Å². The van der Waals surface area contributed by atoms with Gasteiger partial charge in [-0.25, -0.2) is 0 Å². The Balaban J connectivity index is 1.96. The van der Waals surface area contributed by atoms with Crippen LogP contribution in [0, 0.1) is 5.92 Å². The van der Waals surface area contributed by atoms with Gasteiger partial charge < -0.3 is 15.8 Å². The molecule has 0 radical (unpaired) electrons. The predicted octanol–water partition coefficient (Wildman–Crippen LogP) is 1.05. The van der Waals surface area contributed by atoms with Crippen molar-refractivity contribution in [1.29, 1.82) is 0 Å². The minimum absolute atomic E-state index is 0.184. The Hall–Kier alpha value is -0.610. The summed E-state index contributed by atoms with van der Waals surface area (Å²) < 4.78 is 5.27. The summed E-state index contributed by atoms with van der Waals surface area (Å²) in [5.41, 5.74) is 5.39. The van der Waals surface area contributed by atoms with Crippen molar-refractivity contribution in [3.8, 4) is 0 Å². The van der Waals surface area contributed by atoms with Gasteiger partial charge in [-0.15, -0.1) is 0 Å². The van der Waals surface area contributed by atoms with Gasteiger partial charge in [0.2, 0.25) is 5.91 Å². The molecule has 0 aromatic heterocycles. The summed E-state index contributed by atoms with van der Waals surface area (Å²) in [6.45, 7) is 3.23. The lowest BCUT2D eigenvalue weighted by molar-refractivity contribution is -0.121. The van der Waals surface area contributed by atoms with Crippen LogP contribution >= 0.6 is 0 Å². The summed E-state index contributed by atoms with van der Waals surface area (Å²) in [4.78, 5) is 11.5. The largest absolute Gasteiger partial charge is 0.381 e. The van der Waals surface area contributed by atoms with Gasteiger partial charge in [0.1, 0.15) is 0 Å². The quantitative estimate of drug-likeness (QED) is 0.640. The summed E-state index contributed by atoms with van der Waals surface area (Å²) in [5, 5.41) is 3.00. The van der Waals surface area contributed by atoms with Crippen molar-refractivity contribution >= 4 is 5.91 Å². The van der Waals surface area contributed by atoms with E-state index in [9.17, 15) is 4.79 Å². The Kier molecular flexibility index (Phi) is 7.17. The highest BCUT2D eigenvalue weighted by atomic mass is 16.5. The lowest BCUT2D eigenvalue weighted by atomic mass is 10.0. The highest BCUT2D eigenvalue weighted by Gasteiger charge is 2.14. The van der Waals surface area contributed by atoms with Crippen LogP contribution in [0.2, 0.25) is 0 Å². The van der Waals surface area contributed by atoms with E-state index in [4.69, 9.17) is 10.5 Å². The highest BCUT2D eigenvalue weighted by molar-refractivity contribution is 5.75. The number of unbranched alkanes of at least 4 members (excludes halogenated alkanes) is 2. The number of hydrogen-bond acceptors (Lipinski definition) is 3. The van der Waals surface area contributed by atoms with Crippen molar-refractivity contribution in [3.63, 3.8) is 0 Å². The van der Waals surface area contributed by atoms with Gasteiger partial charge in [-0.1, -0.05) is 6.42 Å². The first kappa shape index (κ1) is 13.5. The number of carbonyl (C=O) groups excluding carboxylic acids is 1. The molecule has 0 saturated carbocycles. The van der Waals surface area contributed by atoms with Gasteiger partial charge in [0.25, 0.3) is 0 Å². The van der Waals surface area contributed by atoms with Crippen molar-refractivity contribution in [3.05, 3.63) is 0 Å². The van der Waals surface area contributed by atoms with Crippen molar-refractivity contribution in [2.24, 2.45) is 11.7 Å². The average molecular weight is 228 g/mol. The maximum absolute atomic E-state index is 11.5. The molecule has 0 atom stereocenters. The van der Waals surface area contributed by atoms with Crippen molar-refractivity contribution in [2.45, 2.75) is 38.5 Å². The SMILES string of the molecule is NCCCCCC(=O)NCC1CCOCC1. The van der Waals surface area contributed by atoms with Crippen LogP contribution in [-0.4, -0.2) is 32.2 Å². The molecule has 1 fully saturated rings. The van der Waals surface area contributed by atoms with Crippen molar-refractivity contribution < 1.29 is 9.53 Å². The molecule has 0 aliphatic carbocycles. The van der Waals surface area contributed by atoms with E-state index in [-0.39, 0.29) is 5.91 Å². The second-order valence-electron chi connectivity index (χ2n) is 4.46. The van der Waals surface area contributed by atoms with Crippen LogP contribution < -0.4 is 11.1 Å². The molecule has 0 aromatic rings. The average Bonchev–Trinajstić information content (AvgIpc) is 2.33. The molecule has 1 saturated heterocycles. The van der Waals surface area contributed by atoms with Crippen molar-refractivity contribution in [1.82, 2.24) is 5.32 Å². The first-order valence-electron chi connectivity index (χ1n) is 6.37. The lowest BCUT2D eigenvalue weighted by Gasteiger charge is -2.22. The van der Waals surface area contributed by atoms with E-state index in [0.29, 0.717) is 12.3 Å². The number of ether oxygens (including phenoxy) is 1. The monoisotopic (exact) mass is 228 g/mol. The Bertz CT molecular complexity index is 191. The summed E-state index contributed by atoms with van der Waals surface area (Å²) in [6.07, 6.45) is 5.83. The van der Waals surface area contributed by atoms with E-state index in [1.807, 2.05) is 0 Å². The second-order valence-corrected chi connectivity index (χ2v) is 4.46. The number of rotatable bonds is 7. The molecule has 1 heterocycles. The van der Waals surface area contributed by atoms with Gasteiger partial charge in [-0.3, -0.25) is 4.79 Å². The Morgan fingerprint density at radius 3 is 2.69 bits per heavy atom.